The molecule has 0 saturated carbocycles. The first-order chi connectivity index (χ1) is 20.5. The molecule has 10 nitrogen and oxygen atoms in total. The van der Waals surface area contributed by atoms with Gasteiger partial charge in [0.2, 0.25) is 17.9 Å². The number of carboxylic acid groups (broad SMARTS) is 1. The van der Waals surface area contributed by atoms with Crippen molar-refractivity contribution in [3.05, 3.63) is 59.7 Å². The number of carboxylic acids is 1. The van der Waals surface area contributed by atoms with Crippen LogP contribution < -0.4 is 25.4 Å². The number of nitrogens with one attached hydrogen (secondary N) is 1. The first kappa shape index (κ1) is 28.7. The second kappa shape index (κ2) is 11.0. The van der Waals surface area contributed by atoms with Crippen molar-refractivity contribution in [1.82, 2.24) is 15.3 Å². The summed E-state index contributed by atoms with van der Waals surface area (Å²) in [4.78, 5) is 33.1. The van der Waals surface area contributed by atoms with E-state index < -0.39 is 24.3 Å². The lowest BCUT2D eigenvalue weighted by atomic mass is 9.76. The van der Waals surface area contributed by atoms with Crippen molar-refractivity contribution in [2.45, 2.75) is 50.4 Å². The Morgan fingerprint density at radius 1 is 1.09 bits per heavy atom. The predicted octanol–water partition coefficient (Wildman–Crippen LogP) is 4.29. The monoisotopic (exact) mass is 597 g/mol. The van der Waals surface area contributed by atoms with Crippen LogP contribution >= 0.6 is 0 Å². The van der Waals surface area contributed by atoms with Crippen molar-refractivity contribution in [3.63, 3.8) is 0 Å². The summed E-state index contributed by atoms with van der Waals surface area (Å²) < 4.78 is 53.5. The number of hydrogen-bond donors (Lipinski definition) is 3. The zero-order valence-electron chi connectivity index (χ0n) is 23.1. The Morgan fingerprint density at radius 2 is 1.81 bits per heavy atom. The van der Waals surface area contributed by atoms with Crippen LogP contribution in [0.25, 0.3) is 11.1 Å². The second-order valence-corrected chi connectivity index (χ2v) is 11.3. The van der Waals surface area contributed by atoms with E-state index >= 15 is 0 Å². The van der Waals surface area contributed by atoms with Crippen LogP contribution in [-0.2, 0) is 16.0 Å². The largest absolute Gasteiger partial charge is 0.480 e. The van der Waals surface area contributed by atoms with Crippen molar-refractivity contribution in [3.8, 4) is 22.8 Å². The fraction of sp³-hybridized carbons (Fsp3) is 0.400. The molecular weight excluding hydrogens is 567 g/mol. The van der Waals surface area contributed by atoms with Crippen molar-refractivity contribution in [1.29, 1.82) is 0 Å². The maximum Gasteiger partial charge on any atom is 0.429 e. The number of nitrogens with zero attached hydrogens (tertiary/aromatic N) is 3. The first-order valence-electron chi connectivity index (χ1n) is 14.0. The van der Waals surface area contributed by atoms with Crippen molar-refractivity contribution < 1.29 is 37.3 Å². The molecule has 4 heterocycles. The van der Waals surface area contributed by atoms with Gasteiger partial charge in [-0.2, -0.15) is 23.1 Å². The molecule has 1 spiro atoms. The van der Waals surface area contributed by atoms with Gasteiger partial charge in [-0.05, 0) is 53.9 Å². The Labute approximate surface area is 245 Å². The number of rotatable bonds is 6. The summed E-state index contributed by atoms with van der Waals surface area (Å²) in [7, 11) is 0. The molecule has 0 bridgehead atoms. The van der Waals surface area contributed by atoms with Gasteiger partial charge in [0.05, 0.1) is 6.42 Å². The molecule has 3 aliphatic rings. The number of nitrogen functional groups attached to an aromatic ring is 1. The fourth-order valence-electron chi connectivity index (χ4n) is 6.08. The highest BCUT2D eigenvalue weighted by molar-refractivity contribution is 5.77. The quantitative estimate of drug-likeness (QED) is 0.278. The smallest absolute Gasteiger partial charge is 0.429 e. The Bertz CT molecular complexity index is 1540. The lowest BCUT2D eigenvalue weighted by molar-refractivity contribution is -0.198. The van der Waals surface area contributed by atoms with Crippen molar-refractivity contribution in [2.75, 3.05) is 30.3 Å². The van der Waals surface area contributed by atoms with Crippen LogP contribution in [0.4, 0.5) is 24.9 Å². The fourth-order valence-corrected chi connectivity index (χ4v) is 6.08. The molecule has 2 saturated heterocycles. The summed E-state index contributed by atoms with van der Waals surface area (Å²) in [5.41, 5.74) is 7.87. The number of aryl methyl sites for hydroxylation is 1. The van der Waals surface area contributed by atoms with E-state index in [-0.39, 0.29) is 28.8 Å². The molecule has 1 unspecified atom stereocenters. The first-order valence-corrected chi connectivity index (χ1v) is 14.0. The molecule has 2 atom stereocenters. The van der Waals surface area contributed by atoms with Gasteiger partial charge in [-0.1, -0.05) is 36.4 Å². The normalized spacial score (nSPS) is 20.4. The number of carbonyl (C=O) groups excluding carboxylic acids is 1. The molecule has 2 fully saturated rings. The summed E-state index contributed by atoms with van der Waals surface area (Å²) in [6.45, 7) is 1.68. The molecular formula is C30H30F3N5O5. The van der Waals surface area contributed by atoms with E-state index in [1.807, 2.05) is 17.0 Å². The SMILES string of the molecule is Nc1nc(O[C@H](c2ccc(-c3ccc4c(c3)OC(=O)CC4)cc2)C(F)(F)F)cc(N2CCC3(CC2)CNC(C(=O)O)C3)n1. The molecule has 0 amide bonds. The maximum absolute atomic E-state index is 14.2. The summed E-state index contributed by atoms with van der Waals surface area (Å²) in [6, 6.07) is 12.0. The Hall–Kier alpha value is -4.39. The zero-order chi connectivity index (χ0) is 30.4. The number of alkyl halides is 3. The minimum atomic E-state index is -4.75. The number of ether oxygens (including phenoxy) is 2. The van der Waals surface area contributed by atoms with Crippen LogP contribution in [0.5, 0.6) is 11.6 Å². The second-order valence-electron chi connectivity index (χ2n) is 11.3. The molecule has 3 aliphatic heterocycles. The van der Waals surface area contributed by atoms with Gasteiger partial charge in [0, 0.05) is 31.3 Å². The summed E-state index contributed by atoms with van der Waals surface area (Å²) in [5, 5.41) is 12.4. The number of carbonyl (C=O) groups is 2. The number of aliphatic carboxylic acids is 1. The van der Waals surface area contributed by atoms with Gasteiger partial charge in [-0.25, -0.2) is 0 Å². The maximum atomic E-state index is 14.2. The van der Waals surface area contributed by atoms with Gasteiger partial charge in [0.1, 0.15) is 17.6 Å². The van der Waals surface area contributed by atoms with E-state index in [9.17, 15) is 27.9 Å². The minimum Gasteiger partial charge on any atom is -0.480 e. The Kier molecular flexibility index (Phi) is 7.36. The predicted molar refractivity (Wildman–Crippen MR) is 150 cm³/mol. The van der Waals surface area contributed by atoms with E-state index in [2.05, 4.69) is 15.3 Å². The molecule has 4 N–H and O–H groups in total. The molecule has 0 aliphatic carbocycles. The van der Waals surface area contributed by atoms with Gasteiger partial charge in [0.25, 0.3) is 0 Å². The zero-order valence-corrected chi connectivity index (χ0v) is 23.1. The average molecular weight is 598 g/mol. The lowest BCUT2D eigenvalue weighted by Crippen LogP contribution is -2.41. The van der Waals surface area contributed by atoms with Gasteiger partial charge < -0.3 is 30.5 Å². The van der Waals surface area contributed by atoms with Crippen LogP contribution in [0.1, 0.15) is 42.9 Å². The van der Waals surface area contributed by atoms with Gasteiger partial charge in [-0.3, -0.25) is 9.59 Å². The number of benzene rings is 2. The third-order valence-electron chi connectivity index (χ3n) is 8.49. The van der Waals surface area contributed by atoms with Crippen LogP contribution in [0.15, 0.2) is 48.5 Å². The number of fused-ring (bicyclic) bond motifs is 1. The van der Waals surface area contributed by atoms with Gasteiger partial charge in [-0.15, -0.1) is 0 Å². The molecule has 1 aromatic heterocycles. The van der Waals surface area contributed by atoms with E-state index in [0.717, 1.165) is 5.56 Å². The highest BCUT2D eigenvalue weighted by Crippen LogP contribution is 2.42. The third kappa shape index (κ3) is 6.07. The molecule has 43 heavy (non-hydrogen) atoms. The lowest BCUT2D eigenvalue weighted by Gasteiger charge is -2.39. The van der Waals surface area contributed by atoms with Crippen LogP contribution in [-0.4, -0.2) is 58.9 Å². The van der Waals surface area contributed by atoms with Crippen LogP contribution in [0.2, 0.25) is 0 Å². The summed E-state index contributed by atoms with van der Waals surface area (Å²) in [5.74, 6) is -0.903. The number of aromatic nitrogens is 2. The molecule has 2 aromatic carbocycles. The highest BCUT2D eigenvalue weighted by Gasteiger charge is 2.45. The molecule has 3 aromatic rings. The number of piperidine rings is 1. The van der Waals surface area contributed by atoms with E-state index in [1.165, 1.54) is 18.2 Å². The average Bonchev–Trinajstić information content (AvgIpc) is 3.39. The van der Waals surface area contributed by atoms with Crippen molar-refractivity contribution >= 4 is 23.7 Å². The third-order valence-corrected chi connectivity index (χ3v) is 8.49. The highest BCUT2D eigenvalue weighted by atomic mass is 19.4. The number of nitrogens with two attached hydrogens (primary N) is 1. The molecule has 6 rings (SSSR count). The number of hydrogen-bond acceptors (Lipinski definition) is 9. The van der Waals surface area contributed by atoms with E-state index in [4.69, 9.17) is 15.2 Å². The van der Waals surface area contributed by atoms with Gasteiger partial charge in [0.15, 0.2) is 0 Å². The molecule has 226 valence electrons. The number of esters is 1. The number of halogens is 3. The minimum absolute atomic E-state index is 0.124. The molecule has 0 radical (unpaired) electrons. The topological polar surface area (TPSA) is 140 Å². The number of anilines is 2. The van der Waals surface area contributed by atoms with Crippen LogP contribution in [0.3, 0.4) is 0 Å². The van der Waals surface area contributed by atoms with E-state index in [1.54, 1.807) is 18.2 Å². The van der Waals surface area contributed by atoms with E-state index in [0.29, 0.717) is 74.4 Å². The summed E-state index contributed by atoms with van der Waals surface area (Å²) in [6.07, 6.45) is -4.24. The van der Waals surface area contributed by atoms with Crippen LogP contribution in [0, 0.1) is 5.41 Å². The van der Waals surface area contributed by atoms with Crippen molar-refractivity contribution in [2.24, 2.45) is 5.41 Å². The standard InChI is InChI=1S/C30H30F3N5O5/c31-30(32,33)26(19-4-1-17(2-5-19)20-6-3-18-7-8-25(39)42-22(18)13-20)43-24-14-23(36-28(34)37-24)38-11-9-29(10-12-38)15-21(27(40)41)35-16-29/h1-6,13-14,21,26,35H,7-12,15-16H2,(H,40,41)(H2,34,36,37)/t21?,26-/m1/s1. The summed E-state index contributed by atoms with van der Waals surface area (Å²) >= 11 is 0. The Balaban J connectivity index is 1.18. The Morgan fingerprint density at radius 3 is 2.49 bits per heavy atom. The molecule has 13 heteroatoms. The van der Waals surface area contributed by atoms with Gasteiger partial charge >= 0.3 is 18.1 Å².